The summed E-state index contributed by atoms with van der Waals surface area (Å²) in [4.78, 5) is 23.4. The topological polar surface area (TPSA) is 81.6 Å². The van der Waals surface area contributed by atoms with Crippen molar-refractivity contribution in [3.63, 3.8) is 0 Å². The first-order valence-electron chi connectivity index (χ1n) is 12.7. The Morgan fingerprint density at radius 1 is 1.08 bits per heavy atom. The second-order valence-corrected chi connectivity index (χ2v) is 9.29. The third kappa shape index (κ3) is 8.36. The van der Waals surface area contributed by atoms with E-state index in [0.29, 0.717) is 5.95 Å². The van der Waals surface area contributed by atoms with Crippen molar-refractivity contribution >= 4 is 23.4 Å². The minimum absolute atomic E-state index is 0.701. The molecule has 0 atom stereocenters. The molecule has 4 rings (SSSR count). The number of alkyl halides is 3. The van der Waals surface area contributed by atoms with Gasteiger partial charge in [-0.1, -0.05) is 12.5 Å². The maximum atomic E-state index is 10.6. The number of aromatic nitrogens is 2. The first-order valence-corrected chi connectivity index (χ1v) is 12.7. The molecule has 0 saturated carbocycles. The summed E-state index contributed by atoms with van der Waals surface area (Å²) < 4.78 is 31.7. The number of nitrogens with one attached hydrogen (secondary N) is 1. The number of aliphatic carboxylic acids is 1. The van der Waals surface area contributed by atoms with Crippen LogP contribution in [0.5, 0.6) is 0 Å². The smallest absolute Gasteiger partial charge is 0.475 e. The van der Waals surface area contributed by atoms with Crippen molar-refractivity contribution in [2.75, 3.05) is 42.9 Å². The lowest BCUT2D eigenvalue weighted by Gasteiger charge is -2.28. The average Bonchev–Trinajstić information content (AvgIpc) is 3.30. The van der Waals surface area contributed by atoms with E-state index in [9.17, 15) is 13.2 Å². The lowest BCUT2D eigenvalue weighted by molar-refractivity contribution is -0.192. The molecule has 36 heavy (non-hydrogen) atoms. The highest BCUT2D eigenvalue weighted by Crippen LogP contribution is 2.26. The largest absolute Gasteiger partial charge is 0.490 e. The Morgan fingerprint density at radius 3 is 2.44 bits per heavy atom. The average molecular weight is 508 g/mol. The summed E-state index contributed by atoms with van der Waals surface area (Å²) in [6.45, 7) is 10.0. The summed E-state index contributed by atoms with van der Waals surface area (Å²) in [6.07, 6.45) is 3.89. The number of likely N-dealkylation sites (tertiary alicyclic amines) is 1. The lowest BCUT2D eigenvalue weighted by atomic mass is 10.1. The van der Waals surface area contributed by atoms with Gasteiger partial charge in [-0.2, -0.15) is 18.2 Å². The van der Waals surface area contributed by atoms with Gasteiger partial charge in [0.15, 0.2) is 0 Å². The second-order valence-electron chi connectivity index (χ2n) is 9.29. The summed E-state index contributed by atoms with van der Waals surface area (Å²) in [7, 11) is 0. The monoisotopic (exact) mass is 507 g/mol. The van der Waals surface area contributed by atoms with Gasteiger partial charge < -0.3 is 20.2 Å². The van der Waals surface area contributed by atoms with E-state index in [1.54, 1.807) is 0 Å². The molecule has 1 fully saturated rings. The van der Waals surface area contributed by atoms with Gasteiger partial charge in [-0.3, -0.25) is 0 Å². The van der Waals surface area contributed by atoms with Gasteiger partial charge in [-0.25, -0.2) is 9.78 Å². The number of halogens is 3. The number of hydrogen-bond acceptors (Lipinski definition) is 6. The van der Waals surface area contributed by atoms with Gasteiger partial charge in [0.25, 0.3) is 0 Å². The minimum Gasteiger partial charge on any atom is -0.475 e. The third-order valence-electron chi connectivity index (χ3n) is 6.49. The Labute approximate surface area is 210 Å². The van der Waals surface area contributed by atoms with Crippen LogP contribution in [0.1, 0.15) is 55.8 Å². The van der Waals surface area contributed by atoms with Gasteiger partial charge in [0.1, 0.15) is 5.82 Å². The molecule has 1 aliphatic carbocycles. The van der Waals surface area contributed by atoms with E-state index in [1.165, 1.54) is 75.7 Å². The van der Waals surface area contributed by atoms with Crippen LogP contribution in [0.3, 0.4) is 0 Å². The number of aryl methyl sites for hydroxylation is 3. The molecule has 198 valence electrons. The van der Waals surface area contributed by atoms with Crippen LogP contribution in [0.2, 0.25) is 0 Å². The van der Waals surface area contributed by atoms with Crippen LogP contribution in [0.4, 0.5) is 30.6 Å². The normalized spacial score (nSPS) is 15.6. The van der Waals surface area contributed by atoms with Gasteiger partial charge in [0, 0.05) is 30.5 Å². The Hall–Kier alpha value is -2.88. The molecule has 0 radical (unpaired) electrons. The van der Waals surface area contributed by atoms with E-state index in [-0.39, 0.29) is 0 Å². The molecule has 0 bridgehead atoms. The number of carbonyl (C=O) groups is 1. The molecule has 1 saturated heterocycles. The highest BCUT2D eigenvalue weighted by atomic mass is 19.4. The zero-order valence-corrected chi connectivity index (χ0v) is 21.1. The number of nitrogens with zero attached hydrogens (tertiary/aromatic N) is 4. The highest BCUT2D eigenvalue weighted by molar-refractivity contribution is 5.73. The molecular weight excluding hydrogens is 471 g/mol. The van der Waals surface area contributed by atoms with Crippen LogP contribution < -0.4 is 10.2 Å². The number of carboxylic acid groups (broad SMARTS) is 1. The van der Waals surface area contributed by atoms with Crippen LogP contribution in [-0.4, -0.2) is 64.8 Å². The number of piperidine rings is 1. The predicted octanol–water partition coefficient (Wildman–Crippen LogP) is 5.35. The standard InChI is InChI=1S/C24H35N5.C2HF3O2/c1-3-29(16-8-15-28-13-5-4-6-14-28)23-17-19(2)25-24(27-23)26-22-12-11-20-9-7-10-21(20)18-22;3-2(4,5)1(6)7/h11-12,17-18H,3-10,13-16H2,1-2H3,(H,25,26,27);(H,6,7). The molecule has 2 aromatic rings. The number of fused-ring (bicyclic) bond motifs is 1. The van der Waals surface area contributed by atoms with E-state index in [0.717, 1.165) is 30.3 Å². The van der Waals surface area contributed by atoms with Crippen molar-refractivity contribution in [3.8, 4) is 0 Å². The van der Waals surface area contributed by atoms with E-state index >= 15 is 0 Å². The van der Waals surface area contributed by atoms with Crippen LogP contribution >= 0.6 is 0 Å². The van der Waals surface area contributed by atoms with Crippen molar-refractivity contribution in [2.45, 2.75) is 65.0 Å². The van der Waals surface area contributed by atoms with E-state index in [1.807, 2.05) is 0 Å². The number of rotatable bonds is 8. The summed E-state index contributed by atoms with van der Waals surface area (Å²) in [5.74, 6) is -1.03. The molecule has 1 aliphatic heterocycles. The number of benzene rings is 1. The molecule has 0 spiro atoms. The molecule has 2 N–H and O–H groups in total. The maximum Gasteiger partial charge on any atom is 0.490 e. The third-order valence-corrected chi connectivity index (χ3v) is 6.49. The molecule has 1 aromatic carbocycles. The van der Waals surface area contributed by atoms with Gasteiger partial charge in [0.2, 0.25) is 5.95 Å². The first kappa shape index (κ1) is 27.7. The number of anilines is 3. The van der Waals surface area contributed by atoms with Crippen LogP contribution in [0, 0.1) is 6.92 Å². The Balaban J connectivity index is 0.000000454. The van der Waals surface area contributed by atoms with Gasteiger partial charge in [0.05, 0.1) is 0 Å². The fourth-order valence-electron chi connectivity index (χ4n) is 4.65. The van der Waals surface area contributed by atoms with E-state index in [2.05, 4.69) is 58.2 Å². The van der Waals surface area contributed by atoms with Crippen LogP contribution in [0.25, 0.3) is 0 Å². The molecular formula is C26H36F3N5O2. The predicted molar refractivity (Wildman–Crippen MR) is 135 cm³/mol. The fraction of sp³-hybridized carbons (Fsp3) is 0.577. The summed E-state index contributed by atoms with van der Waals surface area (Å²) in [6, 6.07) is 8.79. The van der Waals surface area contributed by atoms with Gasteiger partial charge in [-0.15, -0.1) is 0 Å². The zero-order valence-electron chi connectivity index (χ0n) is 21.1. The summed E-state index contributed by atoms with van der Waals surface area (Å²) in [5.41, 5.74) is 5.06. The van der Waals surface area contributed by atoms with Crippen molar-refractivity contribution in [3.05, 3.63) is 41.1 Å². The highest BCUT2D eigenvalue weighted by Gasteiger charge is 2.38. The fourth-order valence-corrected chi connectivity index (χ4v) is 4.65. The van der Waals surface area contributed by atoms with Crippen LogP contribution in [0.15, 0.2) is 24.3 Å². The van der Waals surface area contributed by atoms with Gasteiger partial charge >= 0.3 is 12.1 Å². The first-order chi connectivity index (χ1) is 17.2. The van der Waals surface area contributed by atoms with E-state index in [4.69, 9.17) is 14.9 Å². The molecule has 0 unspecified atom stereocenters. The van der Waals surface area contributed by atoms with Gasteiger partial charge in [-0.05, 0) is 95.3 Å². The van der Waals surface area contributed by atoms with Crippen molar-refractivity contribution < 1.29 is 23.1 Å². The molecule has 10 heteroatoms. The quantitative estimate of drug-likeness (QED) is 0.498. The summed E-state index contributed by atoms with van der Waals surface area (Å²) in [5, 5.41) is 10.6. The van der Waals surface area contributed by atoms with Crippen LogP contribution in [-0.2, 0) is 17.6 Å². The summed E-state index contributed by atoms with van der Waals surface area (Å²) >= 11 is 0. The molecule has 0 amide bonds. The van der Waals surface area contributed by atoms with Crippen molar-refractivity contribution in [2.24, 2.45) is 0 Å². The SMILES string of the molecule is CCN(CCCN1CCCCC1)c1cc(C)nc(Nc2ccc3c(c2)CCC3)n1.O=C(O)C(F)(F)F. The Bertz CT molecular complexity index is 1010. The Kier molecular flexibility index (Phi) is 9.92. The molecule has 2 heterocycles. The number of carboxylic acids is 1. The molecule has 1 aromatic heterocycles. The Morgan fingerprint density at radius 2 is 1.78 bits per heavy atom. The second kappa shape index (κ2) is 12.9. The molecule has 2 aliphatic rings. The molecule has 7 nitrogen and oxygen atoms in total. The zero-order chi connectivity index (χ0) is 26.1. The minimum atomic E-state index is -5.08. The lowest BCUT2D eigenvalue weighted by Crippen LogP contribution is -2.33. The number of hydrogen-bond donors (Lipinski definition) is 2. The van der Waals surface area contributed by atoms with Crippen molar-refractivity contribution in [1.82, 2.24) is 14.9 Å². The van der Waals surface area contributed by atoms with Crippen molar-refractivity contribution in [1.29, 1.82) is 0 Å². The van der Waals surface area contributed by atoms with E-state index < -0.39 is 12.1 Å². The maximum absolute atomic E-state index is 10.6.